The summed E-state index contributed by atoms with van der Waals surface area (Å²) < 4.78 is 0. The quantitative estimate of drug-likeness (QED) is 0.717. The van der Waals surface area contributed by atoms with Gasteiger partial charge in [0, 0.05) is 19.6 Å². The van der Waals surface area contributed by atoms with Gasteiger partial charge in [0.15, 0.2) is 0 Å². The largest absolute Gasteiger partial charge is 0.481 e. The van der Waals surface area contributed by atoms with Crippen LogP contribution in [0.2, 0.25) is 0 Å². The summed E-state index contributed by atoms with van der Waals surface area (Å²) in [6, 6.07) is 0. The molecule has 1 aliphatic heterocycles. The van der Waals surface area contributed by atoms with E-state index in [2.05, 4.69) is 0 Å². The van der Waals surface area contributed by atoms with Crippen molar-refractivity contribution in [3.8, 4) is 0 Å². The maximum Gasteiger partial charge on any atom is 0.308 e. The molecule has 92 valence electrons. The first kappa shape index (κ1) is 13.0. The van der Waals surface area contributed by atoms with Crippen LogP contribution >= 0.6 is 0 Å². The molecule has 1 rings (SSSR count). The van der Waals surface area contributed by atoms with Crippen molar-refractivity contribution in [2.45, 2.75) is 20.3 Å². The second-order valence-electron chi connectivity index (χ2n) is 4.51. The lowest BCUT2D eigenvalue weighted by atomic mass is 9.99. The summed E-state index contributed by atoms with van der Waals surface area (Å²) in [5.41, 5.74) is 5.52. The Bertz CT molecular complexity index is 276. The minimum Gasteiger partial charge on any atom is -0.481 e. The minimum absolute atomic E-state index is 0.000556. The number of carbonyl (C=O) groups is 2. The van der Waals surface area contributed by atoms with Gasteiger partial charge in [-0.1, -0.05) is 13.8 Å². The molecule has 5 heteroatoms. The highest BCUT2D eigenvalue weighted by molar-refractivity contribution is 5.81. The maximum atomic E-state index is 12.0. The summed E-state index contributed by atoms with van der Waals surface area (Å²) in [4.78, 5) is 24.5. The highest BCUT2D eigenvalue weighted by Gasteiger charge is 2.38. The third kappa shape index (κ3) is 2.52. The molecule has 0 saturated carbocycles. The molecule has 5 nitrogen and oxygen atoms in total. The standard InChI is InChI=1S/C11H20N2O3/c1-3-8(4-12)10(14)13-5-7(2)9(6-13)11(15)16/h7-9H,3-6,12H2,1-2H3,(H,15,16). The fourth-order valence-electron chi connectivity index (χ4n) is 2.17. The predicted molar refractivity (Wildman–Crippen MR) is 59.7 cm³/mol. The second-order valence-corrected chi connectivity index (χ2v) is 4.51. The molecule has 0 radical (unpaired) electrons. The fourth-order valence-corrected chi connectivity index (χ4v) is 2.17. The Morgan fingerprint density at radius 1 is 1.50 bits per heavy atom. The Labute approximate surface area is 95.6 Å². The molecule has 3 atom stereocenters. The Balaban J connectivity index is 2.64. The summed E-state index contributed by atoms with van der Waals surface area (Å²) in [6.45, 7) is 4.98. The van der Waals surface area contributed by atoms with Crippen LogP contribution in [0.3, 0.4) is 0 Å². The van der Waals surface area contributed by atoms with E-state index in [1.54, 1.807) is 4.90 Å². The smallest absolute Gasteiger partial charge is 0.308 e. The lowest BCUT2D eigenvalue weighted by Gasteiger charge is -2.21. The molecular weight excluding hydrogens is 208 g/mol. The van der Waals surface area contributed by atoms with Gasteiger partial charge in [0.25, 0.3) is 0 Å². The Morgan fingerprint density at radius 2 is 2.12 bits per heavy atom. The van der Waals surface area contributed by atoms with Gasteiger partial charge in [-0.2, -0.15) is 0 Å². The summed E-state index contributed by atoms with van der Waals surface area (Å²) >= 11 is 0. The third-order valence-corrected chi connectivity index (χ3v) is 3.37. The lowest BCUT2D eigenvalue weighted by Crippen LogP contribution is -2.38. The van der Waals surface area contributed by atoms with Gasteiger partial charge in [0.1, 0.15) is 0 Å². The van der Waals surface area contributed by atoms with Gasteiger partial charge < -0.3 is 15.7 Å². The van der Waals surface area contributed by atoms with E-state index in [0.717, 1.165) is 0 Å². The number of carboxylic acids is 1. The highest BCUT2D eigenvalue weighted by Crippen LogP contribution is 2.24. The van der Waals surface area contributed by atoms with Crippen LogP contribution in [0.25, 0.3) is 0 Å². The zero-order valence-corrected chi connectivity index (χ0v) is 9.85. The molecule has 1 amide bonds. The van der Waals surface area contributed by atoms with Crippen LogP contribution < -0.4 is 5.73 Å². The van der Waals surface area contributed by atoms with E-state index in [-0.39, 0.29) is 17.7 Å². The number of carboxylic acid groups (broad SMARTS) is 1. The minimum atomic E-state index is -0.816. The van der Waals surface area contributed by atoms with E-state index in [1.165, 1.54) is 0 Å². The van der Waals surface area contributed by atoms with E-state index >= 15 is 0 Å². The van der Waals surface area contributed by atoms with Crippen molar-refractivity contribution in [3.05, 3.63) is 0 Å². The molecule has 0 aromatic carbocycles. The van der Waals surface area contributed by atoms with Gasteiger partial charge >= 0.3 is 5.97 Å². The van der Waals surface area contributed by atoms with E-state index < -0.39 is 11.9 Å². The van der Waals surface area contributed by atoms with Crippen molar-refractivity contribution in [1.29, 1.82) is 0 Å². The van der Waals surface area contributed by atoms with E-state index in [4.69, 9.17) is 10.8 Å². The molecular formula is C11H20N2O3. The maximum absolute atomic E-state index is 12.0. The number of aliphatic carboxylic acids is 1. The number of hydrogen-bond donors (Lipinski definition) is 2. The first-order valence-electron chi connectivity index (χ1n) is 5.72. The fraction of sp³-hybridized carbons (Fsp3) is 0.818. The van der Waals surface area contributed by atoms with Crippen molar-refractivity contribution in [2.75, 3.05) is 19.6 Å². The van der Waals surface area contributed by atoms with Gasteiger partial charge in [-0.15, -0.1) is 0 Å². The first-order chi connectivity index (χ1) is 7.51. The number of nitrogens with two attached hydrogens (primary N) is 1. The third-order valence-electron chi connectivity index (χ3n) is 3.37. The molecule has 3 N–H and O–H groups in total. The molecule has 1 fully saturated rings. The summed E-state index contributed by atoms with van der Waals surface area (Å²) in [7, 11) is 0. The van der Waals surface area contributed by atoms with E-state index in [0.29, 0.717) is 26.1 Å². The molecule has 0 bridgehead atoms. The van der Waals surface area contributed by atoms with Crippen molar-refractivity contribution in [2.24, 2.45) is 23.5 Å². The van der Waals surface area contributed by atoms with Crippen LogP contribution in [0.1, 0.15) is 20.3 Å². The van der Waals surface area contributed by atoms with Crippen LogP contribution in [0.5, 0.6) is 0 Å². The van der Waals surface area contributed by atoms with Gasteiger partial charge in [-0.05, 0) is 12.3 Å². The highest BCUT2D eigenvalue weighted by atomic mass is 16.4. The SMILES string of the molecule is CCC(CN)C(=O)N1CC(C)C(C(=O)O)C1. The van der Waals surface area contributed by atoms with Gasteiger partial charge in [0.2, 0.25) is 5.91 Å². The van der Waals surface area contributed by atoms with Crippen LogP contribution in [0, 0.1) is 17.8 Å². The summed E-state index contributed by atoms with van der Waals surface area (Å²) in [6.07, 6.45) is 0.706. The molecule has 0 aliphatic carbocycles. The van der Waals surface area contributed by atoms with Crippen LogP contribution in [0.15, 0.2) is 0 Å². The molecule has 1 aliphatic rings. The average molecular weight is 228 g/mol. The molecule has 1 saturated heterocycles. The lowest BCUT2D eigenvalue weighted by molar-refractivity contribution is -0.142. The van der Waals surface area contributed by atoms with Crippen molar-refractivity contribution in [3.63, 3.8) is 0 Å². The van der Waals surface area contributed by atoms with Crippen LogP contribution in [-0.2, 0) is 9.59 Å². The molecule has 0 aromatic heterocycles. The van der Waals surface area contributed by atoms with Crippen LogP contribution in [0.4, 0.5) is 0 Å². The predicted octanol–water partition coefficient (Wildman–Crippen LogP) is 0.150. The Morgan fingerprint density at radius 3 is 2.50 bits per heavy atom. The van der Waals surface area contributed by atoms with Crippen LogP contribution in [-0.4, -0.2) is 41.5 Å². The van der Waals surface area contributed by atoms with Gasteiger partial charge in [-0.25, -0.2) is 0 Å². The molecule has 0 spiro atoms. The van der Waals surface area contributed by atoms with Crippen molar-refractivity contribution >= 4 is 11.9 Å². The topological polar surface area (TPSA) is 83.6 Å². The zero-order valence-electron chi connectivity index (χ0n) is 9.85. The molecule has 0 aromatic rings. The molecule has 3 unspecified atom stereocenters. The second kappa shape index (κ2) is 5.30. The molecule has 1 heterocycles. The van der Waals surface area contributed by atoms with Gasteiger partial charge in [0.05, 0.1) is 11.8 Å². The average Bonchev–Trinajstić information content (AvgIpc) is 2.62. The van der Waals surface area contributed by atoms with Crippen molar-refractivity contribution < 1.29 is 14.7 Å². The number of carbonyl (C=O) groups excluding carboxylic acids is 1. The van der Waals surface area contributed by atoms with E-state index in [1.807, 2.05) is 13.8 Å². The number of nitrogens with zero attached hydrogens (tertiary/aromatic N) is 1. The summed E-state index contributed by atoms with van der Waals surface area (Å²) in [5.74, 6) is -1.39. The Kier molecular flexibility index (Phi) is 4.29. The number of amides is 1. The zero-order chi connectivity index (χ0) is 12.3. The van der Waals surface area contributed by atoms with E-state index in [9.17, 15) is 9.59 Å². The summed E-state index contributed by atoms with van der Waals surface area (Å²) in [5, 5.41) is 8.97. The Hall–Kier alpha value is -1.10. The van der Waals surface area contributed by atoms with Gasteiger partial charge in [-0.3, -0.25) is 9.59 Å². The molecule has 16 heavy (non-hydrogen) atoms. The number of likely N-dealkylation sites (tertiary alicyclic amines) is 1. The first-order valence-corrected chi connectivity index (χ1v) is 5.72. The normalized spacial score (nSPS) is 26.8. The van der Waals surface area contributed by atoms with Crippen molar-refractivity contribution in [1.82, 2.24) is 4.90 Å². The number of rotatable bonds is 4. The monoisotopic (exact) mass is 228 g/mol. The number of hydrogen-bond acceptors (Lipinski definition) is 3.